The van der Waals surface area contributed by atoms with Gasteiger partial charge in [0, 0.05) is 17.2 Å². The number of nitrogens with one attached hydrogen (secondary N) is 2. The number of nitro benzene ring substituents is 1. The number of nitro groups is 1. The third-order valence-corrected chi connectivity index (χ3v) is 5.72. The van der Waals surface area contributed by atoms with Gasteiger partial charge in [-0.25, -0.2) is 0 Å². The van der Waals surface area contributed by atoms with Crippen LogP contribution in [-0.2, 0) is 6.61 Å². The van der Waals surface area contributed by atoms with Gasteiger partial charge in [0.15, 0.2) is 5.75 Å². The quantitative estimate of drug-likeness (QED) is 0.243. The highest BCUT2D eigenvalue weighted by molar-refractivity contribution is 6.01. The minimum Gasteiger partial charge on any atom is -0.502 e. The molecule has 10 heteroatoms. The highest BCUT2D eigenvalue weighted by Crippen LogP contribution is 2.29. The molecule has 0 saturated carbocycles. The molecule has 0 fully saturated rings. The molecule has 3 N–H and O–H groups in total. The van der Waals surface area contributed by atoms with Crippen LogP contribution in [0.1, 0.15) is 37.6 Å². The highest BCUT2D eigenvalue weighted by atomic mass is 16.6. The van der Waals surface area contributed by atoms with Crippen molar-refractivity contribution >= 4 is 17.5 Å². The number of hydrogen-bond donors (Lipinski definition) is 3. The first-order valence-electron chi connectivity index (χ1n) is 11.2. The summed E-state index contributed by atoms with van der Waals surface area (Å²) in [5.41, 5.74) is 8.21. The summed E-state index contributed by atoms with van der Waals surface area (Å²) in [6, 6.07) is 18.0. The number of ether oxygens (including phenoxy) is 1. The molecule has 0 radical (unpaired) electrons. The van der Waals surface area contributed by atoms with Crippen molar-refractivity contribution in [1.82, 2.24) is 10.9 Å². The lowest BCUT2D eigenvalue weighted by atomic mass is 10.1. The van der Waals surface area contributed by atoms with E-state index in [1.807, 2.05) is 26.0 Å². The zero-order chi connectivity index (χ0) is 26.5. The van der Waals surface area contributed by atoms with E-state index >= 15 is 0 Å². The van der Waals surface area contributed by atoms with Gasteiger partial charge in [0.05, 0.1) is 11.2 Å². The maximum Gasteiger partial charge on any atom is 0.311 e. The Morgan fingerprint density at radius 1 is 0.973 bits per heavy atom. The molecule has 10 nitrogen and oxygen atoms in total. The minimum atomic E-state index is -0.820. The number of nitrogens with zero attached hydrogens (tertiary/aromatic N) is 1. The number of aryl methyl sites for hydroxylation is 2. The number of hydrazine groups is 1. The second-order valence-corrected chi connectivity index (χ2v) is 8.27. The van der Waals surface area contributed by atoms with E-state index in [1.165, 1.54) is 23.5 Å². The molecule has 0 aliphatic carbocycles. The van der Waals surface area contributed by atoms with Gasteiger partial charge in [0.2, 0.25) is 5.76 Å². The number of phenolic OH excluding ortho intramolecular Hbond substituents is 1. The van der Waals surface area contributed by atoms with Crippen molar-refractivity contribution in [2.45, 2.75) is 20.5 Å². The van der Waals surface area contributed by atoms with Crippen LogP contribution < -0.4 is 15.6 Å². The summed E-state index contributed by atoms with van der Waals surface area (Å²) >= 11 is 0. The first kappa shape index (κ1) is 25.0. The van der Waals surface area contributed by atoms with E-state index in [1.54, 1.807) is 30.3 Å². The largest absolute Gasteiger partial charge is 0.502 e. The zero-order valence-corrected chi connectivity index (χ0v) is 20.0. The fourth-order valence-corrected chi connectivity index (χ4v) is 3.58. The van der Waals surface area contributed by atoms with Crippen molar-refractivity contribution in [2.24, 2.45) is 0 Å². The SMILES string of the molecule is Cc1ccc(COc2cccc(-c3ccoc3C(=O)NNC(=O)c3ccc(O)c([N+](=O)[O-])c3)c2)cc1C. The Morgan fingerprint density at radius 3 is 2.51 bits per heavy atom. The van der Waals surface area contributed by atoms with Gasteiger partial charge in [-0.15, -0.1) is 0 Å². The number of phenols is 1. The predicted octanol–water partition coefficient (Wildman–Crippen LogP) is 4.83. The Bertz CT molecular complexity index is 1490. The van der Waals surface area contributed by atoms with Gasteiger partial charge in [-0.3, -0.25) is 30.6 Å². The molecule has 2 amide bonds. The molecular formula is C27H23N3O7. The van der Waals surface area contributed by atoms with Crippen LogP contribution in [0, 0.1) is 24.0 Å². The van der Waals surface area contributed by atoms with Crippen molar-refractivity contribution in [3.05, 3.63) is 111 Å². The zero-order valence-electron chi connectivity index (χ0n) is 20.0. The third kappa shape index (κ3) is 5.76. The summed E-state index contributed by atoms with van der Waals surface area (Å²) in [7, 11) is 0. The fraction of sp³-hybridized carbons (Fsp3) is 0.111. The lowest BCUT2D eigenvalue weighted by Gasteiger charge is -2.10. The van der Waals surface area contributed by atoms with Gasteiger partial charge < -0.3 is 14.3 Å². The lowest BCUT2D eigenvalue weighted by Crippen LogP contribution is -2.41. The number of carbonyl (C=O) groups excluding carboxylic acids is 2. The van der Waals surface area contributed by atoms with Gasteiger partial charge >= 0.3 is 11.6 Å². The standard InChI is InChI=1S/C27H23N3O7/c1-16-6-7-18(12-17(16)2)15-37-21-5-3-4-19(13-21)22-10-11-36-25(22)27(33)29-28-26(32)20-8-9-24(31)23(14-20)30(34)35/h3-14,31H,15H2,1-2H3,(H,28,32)(H,29,33). The first-order chi connectivity index (χ1) is 17.7. The summed E-state index contributed by atoms with van der Waals surface area (Å²) in [5, 5.41) is 20.5. The number of furan rings is 1. The molecule has 4 rings (SSSR count). The Labute approximate surface area is 211 Å². The van der Waals surface area contributed by atoms with Crippen LogP contribution in [0.3, 0.4) is 0 Å². The Kier molecular flexibility index (Phi) is 7.19. The third-order valence-electron chi connectivity index (χ3n) is 5.72. The van der Waals surface area contributed by atoms with E-state index < -0.39 is 28.2 Å². The van der Waals surface area contributed by atoms with Crippen LogP contribution in [0.5, 0.6) is 11.5 Å². The first-order valence-corrected chi connectivity index (χ1v) is 11.2. The smallest absolute Gasteiger partial charge is 0.311 e. The molecule has 37 heavy (non-hydrogen) atoms. The number of aromatic hydroxyl groups is 1. The monoisotopic (exact) mass is 501 g/mol. The molecule has 0 atom stereocenters. The van der Waals surface area contributed by atoms with Crippen LogP contribution in [0.25, 0.3) is 11.1 Å². The van der Waals surface area contributed by atoms with E-state index in [-0.39, 0.29) is 11.3 Å². The van der Waals surface area contributed by atoms with E-state index in [0.717, 1.165) is 17.7 Å². The summed E-state index contributed by atoms with van der Waals surface area (Å²) in [5.74, 6) is -1.57. The molecule has 0 saturated heterocycles. The van der Waals surface area contributed by atoms with Gasteiger partial charge in [0.1, 0.15) is 12.4 Å². The number of hydrogen-bond acceptors (Lipinski definition) is 7. The van der Waals surface area contributed by atoms with Crippen molar-refractivity contribution in [3.63, 3.8) is 0 Å². The van der Waals surface area contributed by atoms with Crippen LogP contribution in [0.4, 0.5) is 5.69 Å². The average Bonchev–Trinajstić information content (AvgIpc) is 3.38. The maximum absolute atomic E-state index is 12.7. The molecule has 1 aromatic heterocycles. The molecule has 0 spiro atoms. The van der Waals surface area contributed by atoms with Gasteiger partial charge in [-0.1, -0.05) is 30.3 Å². The Morgan fingerprint density at radius 2 is 1.76 bits per heavy atom. The number of carbonyl (C=O) groups is 2. The van der Waals surface area contributed by atoms with Crippen LogP contribution in [-0.4, -0.2) is 21.8 Å². The topological polar surface area (TPSA) is 144 Å². The van der Waals surface area contributed by atoms with Crippen molar-refractivity contribution in [2.75, 3.05) is 0 Å². The Balaban J connectivity index is 1.43. The van der Waals surface area contributed by atoms with Gasteiger partial charge in [-0.2, -0.15) is 0 Å². The summed E-state index contributed by atoms with van der Waals surface area (Å²) in [6.45, 7) is 4.47. The average molecular weight is 501 g/mol. The normalized spacial score (nSPS) is 10.5. The highest BCUT2D eigenvalue weighted by Gasteiger charge is 2.20. The van der Waals surface area contributed by atoms with Gasteiger partial charge in [-0.05, 0) is 66.4 Å². The molecule has 0 aliphatic heterocycles. The molecule has 188 valence electrons. The minimum absolute atomic E-state index is 0.0525. The molecule has 1 heterocycles. The Hall–Kier alpha value is -5.12. The second-order valence-electron chi connectivity index (χ2n) is 8.27. The van der Waals surface area contributed by atoms with Crippen molar-refractivity contribution < 1.29 is 28.8 Å². The van der Waals surface area contributed by atoms with Crippen LogP contribution in [0.15, 0.2) is 77.4 Å². The molecular weight excluding hydrogens is 478 g/mol. The van der Waals surface area contributed by atoms with E-state index in [2.05, 4.69) is 16.9 Å². The second kappa shape index (κ2) is 10.6. The lowest BCUT2D eigenvalue weighted by molar-refractivity contribution is -0.385. The summed E-state index contributed by atoms with van der Waals surface area (Å²) in [6.07, 6.45) is 1.35. The summed E-state index contributed by atoms with van der Waals surface area (Å²) < 4.78 is 11.3. The van der Waals surface area contributed by atoms with Gasteiger partial charge in [0.25, 0.3) is 5.91 Å². The van der Waals surface area contributed by atoms with E-state index in [9.17, 15) is 24.8 Å². The predicted molar refractivity (Wildman–Crippen MR) is 134 cm³/mol. The molecule has 4 aromatic rings. The maximum atomic E-state index is 12.7. The molecule has 0 aliphatic rings. The molecule has 3 aromatic carbocycles. The van der Waals surface area contributed by atoms with Crippen LogP contribution >= 0.6 is 0 Å². The number of rotatable bonds is 7. The van der Waals surface area contributed by atoms with Crippen LogP contribution in [0.2, 0.25) is 0 Å². The fourth-order valence-electron chi connectivity index (χ4n) is 3.58. The molecule has 0 bridgehead atoms. The van der Waals surface area contributed by atoms with E-state index in [4.69, 9.17) is 9.15 Å². The van der Waals surface area contributed by atoms with Crippen molar-refractivity contribution in [3.8, 4) is 22.6 Å². The van der Waals surface area contributed by atoms with Crippen molar-refractivity contribution in [1.29, 1.82) is 0 Å². The number of amides is 2. The van der Waals surface area contributed by atoms with E-state index in [0.29, 0.717) is 23.5 Å². The number of benzene rings is 3. The summed E-state index contributed by atoms with van der Waals surface area (Å²) in [4.78, 5) is 35.2. The molecule has 0 unspecified atom stereocenters.